The largest absolute Gasteiger partial charge is 1.00 e. The van der Waals surface area contributed by atoms with Crippen molar-refractivity contribution in [2.45, 2.75) is 50.2 Å². The molecule has 4 heterocycles. The van der Waals surface area contributed by atoms with Gasteiger partial charge in [-0.25, -0.2) is 4.79 Å². The van der Waals surface area contributed by atoms with Crippen LogP contribution in [0.4, 0.5) is 5.82 Å². The maximum atomic E-state index is 13.6. The number of esters is 1. The van der Waals surface area contributed by atoms with Gasteiger partial charge in [0.15, 0.2) is 24.1 Å². The number of aliphatic hydroxyl groups is 1. The molecule has 6 rings (SSSR count). The van der Waals surface area contributed by atoms with Crippen LogP contribution in [0.5, 0.6) is 0 Å². The SMILES string of the molecule is O=C(C[N+]12CCC(CC1)C(OC(=O)[C@](O)(c1ccccc1)C1CCCC1)C2)Nc1ccon1.[Br-]. The minimum Gasteiger partial charge on any atom is -1.00 e. The second kappa shape index (κ2) is 10.2. The Morgan fingerprint density at radius 3 is 2.47 bits per heavy atom. The van der Waals surface area contributed by atoms with Gasteiger partial charge in [0.2, 0.25) is 0 Å². The fourth-order valence-corrected chi connectivity index (χ4v) is 6.12. The van der Waals surface area contributed by atoms with E-state index in [0.717, 1.165) is 51.6 Å². The normalized spacial score (nSPS) is 28.0. The summed E-state index contributed by atoms with van der Waals surface area (Å²) < 4.78 is 11.5. The van der Waals surface area contributed by atoms with E-state index in [9.17, 15) is 14.7 Å². The van der Waals surface area contributed by atoms with Gasteiger partial charge in [0.1, 0.15) is 12.8 Å². The molecule has 1 aromatic heterocycles. The predicted molar refractivity (Wildman–Crippen MR) is 120 cm³/mol. The van der Waals surface area contributed by atoms with Gasteiger partial charge in [-0.2, -0.15) is 0 Å². The van der Waals surface area contributed by atoms with Crippen LogP contribution in [-0.4, -0.2) is 58.9 Å². The molecule has 1 aromatic carbocycles. The van der Waals surface area contributed by atoms with E-state index >= 15 is 0 Å². The summed E-state index contributed by atoms with van der Waals surface area (Å²) in [6.07, 6.45) is 6.59. The maximum absolute atomic E-state index is 13.6. The average Bonchev–Trinajstić information content (AvgIpc) is 3.54. The fourth-order valence-electron chi connectivity index (χ4n) is 6.12. The van der Waals surface area contributed by atoms with E-state index in [1.807, 2.05) is 30.3 Å². The van der Waals surface area contributed by atoms with Gasteiger partial charge in [0.25, 0.3) is 5.91 Å². The molecule has 4 fully saturated rings. The third kappa shape index (κ3) is 4.78. The van der Waals surface area contributed by atoms with Crippen LogP contribution >= 0.6 is 0 Å². The molecule has 1 unspecified atom stereocenters. The van der Waals surface area contributed by atoms with Crippen LogP contribution in [0.3, 0.4) is 0 Å². The van der Waals surface area contributed by atoms with Crippen molar-refractivity contribution < 1.29 is 45.4 Å². The van der Waals surface area contributed by atoms with Crippen LogP contribution in [-0.2, 0) is 19.9 Å². The number of carbonyl (C=O) groups excluding carboxylic acids is 2. The third-order valence-electron chi connectivity index (χ3n) is 7.96. The summed E-state index contributed by atoms with van der Waals surface area (Å²) in [4.78, 5) is 26.2. The maximum Gasteiger partial charge on any atom is 0.343 e. The summed E-state index contributed by atoms with van der Waals surface area (Å²) in [7, 11) is 0. The Kier molecular flexibility index (Phi) is 7.45. The van der Waals surface area contributed by atoms with Gasteiger partial charge in [-0.3, -0.25) is 4.79 Å². The van der Waals surface area contributed by atoms with E-state index in [4.69, 9.17) is 9.26 Å². The highest BCUT2D eigenvalue weighted by molar-refractivity contribution is 5.90. The minimum atomic E-state index is -1.63. The smallest absolute Gasteiger partial charge is 0.343 e. The van der Waals surface area contributed by atoms with Crippen molar-refractivity contribution in [1.29, 1.82) is 0 Å². The lowest BCUT2D eigenvalue weighted by Crippen LogP contribution is -3.00. The number of carbonyl (C=O) groups is 2. The molecular weight excluding hydrogens is 502 g/mol. The first kappa shape index (κ1) is 24.9. The number of aromatic nitrogens is 1. The Labute approximate surface area is 210 Å². The number of quaternary nitrogens is 1. The molecule has 1 amide bonds. The third-order valence-corrected chi connectivity index (χ3v) is 7.96. The summed E-state index contributed by atoms with van der Waals surface area (Å²) in [5.74, 6) is -0.121. The number of hydrogen-bond donors (Lipinski definition) is 2. The van der Waals surface area contributed by atoms with Gasteiger partial charge in [-0.1, -0.05) is 48.3 Å². The van der Waals surface area contributed by atoms with Crippen molar-refractivity contribution in [3.8, 4) is 0 Å². The van der Waals surface area contributed by atoms with Crippen LogP contribution in [0.25, 0.3) is 0 Å². The second-order valence-corrected chi connectivity index (χ2v) is 9.96. The molecular formula is C25H32BrN3O5. The fraction of sp³-hybridized carbons (Fsp3) is 0.560. The Hall–Kier alpha value is -2.23. The highest BCUT2D eigenvalue weighted by Gasteiger charge is 2.53. The Morgan fingerprint density at radius 1 is 1.12 bits per heavy atom. The standard InChI is InChI=1S/C25H31N3O5.BrH/c29-23(26-22-12-15-32-27-22)17-28-13-10-18(11-14-28)21(16-28)33-24(30)25(31,20-8-4-5-9-20)19-6-2-1-3-7-19;/h1-3,6-7,12,15,18,20-21,31H,4-5,8-11,13-14,16-17H2;1H/t18?,21?,25-,28?;/m0./s1. The lowest BCUT2D eigenvalue weighted by Gasteiger charge is -2.51. The number of hydrogen-bond acceptors (Lipinski definition) is 6. The van der Waals surface area contributed by atoms with E-state index in [0.29, 0.717) is 29.0 Å². The number of halogens is 1. The van der Waals surface area contributed by atoms with Gasteiger partial charge < -0.3 is 41.1 Å². The molecule has 2 bridgehead atoms. The first-order chi connectivity index (χ1) is 16.0. The number of piperidine rings is 3. The molecule has 2 aromatic rings. The van der Waals surface area contributed by atoms with Crippen molar-refractivity contribution in [3.63, 3.8) is 0 Å². The number of anilines is 1. The second-order valence-electron chi connectivity index (χ2n) is 9.96. The van der Waals surface area contributed by atoms with Gasteiger partial charge in [0.05, 0.1) is 13.1 Å². The first-order valence-electron chi connectivity index (χ1n) is 12.0. The average molecular weight is 534 g/mol. The van der Waals surface area contributed by atoms with E-state index in [1.165, 1.54) is 6.26 Å². The molecule has 1 saturated carbocycles. The van der Waals surface area contributed by atoms with Crippen LogP contribution in [0.1, 0.15) is 44.1 Å². The van der Waals surface area contributed by atoms with Crippen LogP contribution < -0.4 is 22.3 Å². The molecule has 9 heteroatoms. The van der Waals surface area contributed by atoms with Crippen LogP contribution in [0, 0.1) is 11.8 Å². The molecule has 4 aliphatic rings. The summed E-state index contributed by atoms with van der Waals surface area (Å²) in [6, 6.07) is 10.8. The molecule has 3 saturated heterocycles. The molecule has 2 N–H and O–H groups in total. The lowest BCUT2D eigenvalue weighted by atomic mass is 9.79. The quantitative estimate of drug-likeness (QED) is 0.379. The zero-order chi connectivity index (χ0) is 22.9. The summed E-state index contributed by atoms with van der Waals surface area (Å²) in [5, 5.41) is 18.3. The van der Waals surface area contributed by atoms with Crippen molar-refractivity contribution in [2.24, 2.45) is 11.8 Å². The Balaban J connectivity index is 0.00000274. The van der Waals surface area contributed by atoms with Gasteiger partial charge in [0, 0.05) is 30.7 Å². The van der Waals surface area contributed by atoms with Crippen molar-refractivity contribution in [3.05, 3.63) is 48.2 Å². The zero-order valence-electron chi connectivity index (χ0n) is 19.2. The molecule has 1 aliphatic carbocycles. The van der Waals surface area contributed by atoms with E-state index < -0.39 is 11.6 Å². The van der Waals surface area contributed by atoms with Crippen LogP contribution in [0.2, 0.25) is 0 Å². The van der Waals surface area contributed by atoms with E-state index in [-0.39, 0.29) is 40.8 Å². The number of benzene rings is 1. The number of ether oxygens (including phenoxy) is 1. The summed E-state index contributed by atoms with van der Waals surface area (Å²) >= 11 is 0. The van der Waals surface area contributed by atoms with E-state index in [2.05, 4.69) is 10.5 Å². The van der Waals surface area contributed by atoms with Crippen LogP contribution in [0.15, 0.2) is 47.2 Å². The van der Waals surface area contributed by atoms with Crippen molar-refractivity contribution in [2.75, 3.05) is 31.5 Å². The topological polar surface area (TPSA) is 102 Å². The Morgan fingerprint density at radius 2 is 1.82 bits per heavy atom. The predicted octanol–water partition coefficient (Wildman–Crippen LogP) is -0.153. The number of amides is 1. The minimum absolute atomic E-state index is 0. The number of fused-ring (bicyclic) bond motifs is 3. The molecule has 184 valence electrons. The summed E-state index contributed by atoms with van der Waals surface area (Å²) in [6.45, 7) is 2.67. The highest BCUT2D eigenvalue weighted by Crippen LogP contribution is 2.43. The molecule has 0 spiro atoms. The van der Waals surface area contributed by atoms with Gasteiger partial charge in [-0.15, -0.1) is 0 Å². The molecule has 0 radical (unpaired) electrons. The van der Waals surface area contributed by atoms with Gasteiger partial charge >= 0.3 is 5.97 Å². The van der Waals surface area contributed by atoms with Crippen molar-refractivity contribution >= 4 is 17.7 Å². The molecule has 3 aliphatic heterocycles. The van der Waals surface area contributed by atoms with Crippen molar-refractivity contribution in [1.82, 2.24) is 5.16 Å². The first-order valence-corrected chi connectivity index (χ1v) is 12.0. The number of nitrogens with one attached hydrogen (secondary N) is 1. The summed E-state index contributed by atoms with van der Waals surface area (Å²) in [5.41, 5.74) is -1.02. The lowest BCUT2D eigenvalue weighted by molar-refractivity contribution is -0.939. The molecule has 2 atom stereocenters. The number of rotatable bonds is 7. The van der Waals surface area contributed by atoms with E-state index in [1.54, 1.807) is 6.07 Å². The number of nitrogens with zero attached hydrogens (tertiary/aromatic N) is 2. The Bertz CT molecular complexity index is 972. The molecule has 8 nitrogen and oxygen atoms in total. The highest BCUT2D eigenvalue weighted by atomic mass is 79.9. The molecule has 34 heavy (non-hydrogen) atoms. The van der Waals surface area contributed by atoms with Gasteiger partial charge in [-0.05, 0) is 18.4 Å². The zero-order valence-corrected chi connectivity index (χ0v) is 20.8. The monoisotopic (exact) mass is 533 g/mol.